The van der Waals surface area contributed by atoms with Crippen LogP contribution in [0.5, 0.6) is 0 Å². The molecule has 152 valence electrons. The van der Waals surface area contributed by atoms with E-state index in [-0.39, 0.29) is 5.91 Å². The molecule has 0 saturated heterocycles. The number of nitrogens with zero attached hydrogens (tertiary/aromatic N) is 2. The number of halogens is 3. The number of benzene rings is 2. The summed E-state index contributed by atoms with van der Waals surface area (Å²) < 4.78 is 44.1. The number of carbonyl (C=O) groups is 1. The van der Waals surface area contributed by atoms with Gasteiger partial charge in [0.25, 0.3) is 11.8 Å². The Balaban J connectivity index is 1.78. The number of carbonyl (C=O) groups excluding carboxylic acids is 1. The Morgan fingerprint density at radius 3 is 2.48 bits per heavy atom. The van der Waals surface area contributed by atoms with Gasteiger partial charge in [0.1, 0.15) is 0 Å². The van der Waals surface area contributed by atoms with Crippen LogP contribution in [0.15, 0.2) is 53.1 Å². The maximum atomic E-state index is 13.0. The van der Waals surface area contributed by atoms with E-state index in [0.717, 1.165) is 12.1 Å². The first-order valence-corrected chi connectivity index (χ1v) is 9.16. The predicted octanol–water partition coefficient (Wildman–Crippen LogP) is 5.34. The van der Waals surface area contributed by atoms with Gasteiger partial charge < -0.3 is 9.84 Å². The molecule has 0 spiro atoms. The lowest BCUT2D eigenvalue weighted by atomic mass is 9.99. The number of nitrogens with one attached hydrogen (secondary N) is 1. The normalized spacial score (nSPS) is 12.6. The second kappa shape index (κ2) is 8.46. The molecule has 5 nitrogen and oxygen atoms in total. The molecule has 0 saturated carbocycles. The molecule has 0 bridgehead atoms. The lowest BCUT2D eigenvalue weighted by molar-refractivity contribution is -0.137. The van der Waals surface area contributed by atoms with Crippen LogP contribution in [-0.2, 0) is 6.18 Å². The van der Waals surface area contributed by atoms with E-state index in [4.69, 9.17) is 4.52 Å². The van der Waals surface area contributed by atoms with E-state index in [1.165, 1.54) is 6.07 Å². The minimum absolute atomic E-state index is 0.349. The largest absolute Gasteiger partial charge is 0.416 e. The highest BCUT2D eigenvalue weighted by Gasteiger charge is 2.31. The van der Waals surface area contributed by atoms with Crippen LogP contribution in [0, 0.1) is 6.92 Å². The van der Waals surface area contributed by atoms with E-state index in [2.05, 4.69) is 15.5 Å². The summed E-state index contributed by atoms with van der Waals surface area (Å²) in [6.07, 6.45) is -3.21. The first kappa shape index (κ1) is 20.6. The third-order valence-electron chi connectivity index (χ3n) is 4.42. The Labute approximate surface area is 165 Å². The van der Waals surface area contributed by atoms with Gasteiger partial charge in [0.15, 0.2) is 5.82 Å². The number of rotatable bonds is 6. The second-order valence-corrected chi connectivity index (χ2v) is 6.66. The van der Waals surface area contributed by atoms with Crippen LogP contribution in [0.3, 0.4) is 0 Å². The number of aromatic nitrogens is 2. The van der Waals surface area contributed by atoms with E-state index in [0.29, 0.717) is 41.2 Å². The van der Waals surface area contributed by atoms with E-state index < -0.39 is 17.8 Å². The van der Waals surface area contributed by atoms with Gasteiger partial charge in [-0.15, -0.1) is 0 Å². The predicted molar refractivity (Wildman–Crippen MR) is 101 cm³/mol. The zero-order valence-electron chi connectivity index (χ0n) is 16.0. The smallest absolute Gasteiger partial charge is 0.345 e. The minimum Gasteiger partial charge on any atom is -0.345 e. The van der Waals surface area contributed by atoms with Gasteiger partial charge in [0.05, 0.1) is 11.6 Å². The van der Waals surface area contributed by atoms with Crippen LogP contribution >= 0.6 is 0 Å². The molecule has 8 heteroatoms. The van der Waals surface area contributed by atoms with Crippen LogP contribution < -0.4 is 5.32 Å². The van der Waals surface area contributed by atoms with Gasteiger partial charge in [-0.2, -0.15) is 18.2 Å². The topological polar surface area (TPSA) is 68.0 Å². The van der Waals surface area contributed by atoms with E-state index >= 15 is 0 Å². The van der Waals surface area contributed by atoms with Crippen molar-refractivity contribution in [2.24, 2.45) is 0 Å². The third kappa shape index (κ3) is 5.01. The molecule has 3 rings (SSSR count). The van der Waals surface area contributed by atoms with Gasteiger partial charge in [0, 0.05) is 11.1 Å². The molecule has 2 aromatic carbocycles. The fraction of sp³-hybridized carbons (Fsp3) is 0.286. The molecule has 29 heavy (non-hydrogen) atoms. The maximum Gasteiger partial charge on any atom is 0.416 e. The van der Waals surface area contributed by atoms with E-state index in [9.17, 15) is 18.0 Å². The van der Waals surface area contributed by atoms with Crippen molar-refractivity contribution in [3.05, 3.63) is 71.0 Å². The number of hydrogen-bond acceptors (Lipinski definition) is 4. The average Bonchev–Trinajstić information content (AvgIpc) is 3.13. The SMILES string of the molecule is CCCC(NC(=O)c1ccc(-c2nc(C)no2)cc1)c1cccc(C(F)(F)F)c1. The van der Waals surface area contributed by atoms with Gasteiger partial charge in [-0.3, -0.25) is 4.79 Å². The standard InChI is InChI=1S/C21H20F3N3O2/c1-3-5-18(16-6-4-7-17(12-16)21(22,23)24)26-19(28)14-8-10-15(11-9-14)20-25-13(2)27-29-20/h4,6-12,18H,3,5H2,1-2H3,(H,26,28). The number of hydrogen-bond donors (Lipinski definition) is 1. The molecule has 0 aliphatic heterocycles. The molecule has 0 fully saturated rings. The molecular weight excluding hydrogens is 383 g/mol. The molecular formula is C21H20F3N3O2. The van der Waals surface area contributed by atoms with Gasteiger partial charge in [-0.05, 0) is 55.3 Å². The van der Waals surface area contributed by atoms with Crippen LogP contribution in [-0.4, -0.2) is 16.0 Å². The Bertz CT molecular complexity index is 981. The summed E-state index contributed by atoms with van der Waals surface area (Å²) >= 11 is 0. The number of alkyl halides is 3. The summed E-state index contributed by atoms with van der Waals surface area (Å²) in [6.45, 7) is 3.62. The summed E-state index contributed by atoms with van der Waals surface area (Å²) in [5.74, 6) is 0.488. The quantitative estimate of drug-likeness (QED) is 0.604. The molecule has 1 amide bonds. The van der Waals surface area contributed by atoms with E-state index in [1.54, 1.807) is 37.3 Å². The molecule has 1 N–H and O–H groups in total. The Morgan fingerprint density at radius 2 is 1.90 bits per heavy atom. The summed E-state index contributed by atoms with van der Waals surface area (Å²) in [5.41, 5.74) is 0.751. The Hall–Kier alpha value is -3.16. The zero-order chi connectivity index (χ0) is 21.0. The van der Waals surface area contributed by atoms with E-state index in [1.807, 2.05) is 6.92 Å². The van der Waals surface area contributed by atoms with Crippen molar-refractivity contribution >= 4 is 5.91 Å². The monoisotopic (exact) mass is 403 g/mol. The Kier molecular flexibility index (Phi) is 6.00. The molecule has 0 aliphatic rings. The van der Waals surface area contributed by atoms with Gasteiger partial charge >= 0.3 is 6.18 Å². The van der Waals surface area contributed by atoms with Crippen molar-refractivity contribution in [1.82, 2.24) is 15.5 Å². The lowest BCUT2D eigenvalue weighted by Gasteiger charge is -2.20. The maximum absolute atomic E-state index is 13.0. The first-order valence-electron chi connectivity index (χ1n) is 9.16. The van der Waals surface area contributed by atoms with Crippen molar-refractivity contribution in [3.63, 3.8) is 0 Å². The summed E-state index contributed by atoms with van der Waals surface area (Å²) in [4.78, 5) is 16.8. The van der Waals surface area contributed by atoms with Gasteiger partial charge in [-0.25, -0.2) is 0 Å². The summed E-state index contributed by atoms with van der Waals surface area (Å²) in [7, 11) is 0. The highest BCUT2D eigenvalue weighted by molar-refractivity contribution is 5.94. The zero-order valence-corrected chi connectivity index (χ0v) is 16.0. The summed E-state index contributed by atoms with van der Waals surface area (Å²) in [5, 5.41) is 6.56. The number of aryl methyl sites for hydroxylation is 1. The van der Waals surface area contributed by atoms with Crippen molar-refractivity contribution in [3.8, 4) is 11.5 Å². The summed E-state index contributed by atoms with van der Waals surface area (Å²) in [6, 6.07) is 11.1. The van der Waals surface area contributed by atoms with Crippen molar-refractivity contribution in [2.75, 3.05) is 0 Å². The Morgan fingerprint density at radius 1 is 1.17 bits per heavy atom. The minimum atomic E-state index is -4.43. The molecule has 1 heterocycles. The molecule has 3 aromatic rings. The second-order valence-electron chi connectivity index (χ2n) is 6.66. The van der Waals surface area contributed by atoms with Crippen LogP contribution in [0.1, 0.15) is 53.1 Å². The molecule has 1 unspecified atom stereocenters. The highest BCUT2D eigenvalue weighted by Crippen LogP contribution is 2.31. The van der Waals surface area contributed by atoms with Gasteiger partial charge in [0.2, 0.25) is 0 Å². The van der Waals surface area contributed by atoms with Crippen LogP contribution in [0.4, 0.5) is 13.2 Å². The van der Waals surface area contributed by atoms with Crippen LogP contribution in [0.25, 0.3) is 11.5 Å². The molecule has 0 radical (unpaired) electrons. The lowest BCUT2D eigenvalue weighted by Crippen LogP contribution is -2.28. The molecule has 1 atom stereocenters. The third-order valence-corrected chi connectivity index (χ3v) is 4.42. The molecule has 0 aliphatic carbocycles. The fourth-order valence-corrected chi connectivity index (χ4v) is 2.96. The number of amides is 1. The average molecular weight is 403 g/mol. The van der Waals surface area contributed by atoms with Crippen molar-refractivity contribution < 1.29 is 22.5 Å². The molecule has 1 aromatic heterocycles. The van der Waals surface area contributed by atoms with Crippen molar-refractivity contribution in [2.45, 2.75) is 38.9 Å². The first-order chi connectivity index (χ1) is 13.8. The van der Waals surface area contributed by atoms with Crippen molar-refractivity contribution in [1.29, 1.82) is 0 Å². The van der Waals surface area contributed by atoms with Gasteiger partial charge in [-0.1, -0.05) is 30.6 Å². The van der Waals surface area contributed by atoms with Crippen LogP contribution in [0.2, 0.25) is 0 Å². The fourth-order valence-electron chi connectivity index (χ4n) is 2.96. The highest BCUT2D eigenvalue weighted by atomic mass is 19.4.